The number of hydrogen-bond donors (Lipinski definition) is 0. The molecule has 0 spiro atoms. The van der Waals surface area contributed by atoms with Gasteiger partial charge in [-0.05, 0) is 27.8 Å². The molecule has 0 aliphatic heterocycles. The molecule has 1 aromatic heterocycles. The van der Waals surface area contributed by atoms with Gasteiger partial charge in [0.05, 0.1) is 4.47 Å². The maximum Gasteiger partial charge on any atom is 0.205 e. The van der Waals surface area contributed by atoms with Crippen molar-refractivity contribution in [1.82, 2.24) is 9.97 Å². The molecule has 0 unspecified atom stereocenters. The zero-order valence-corrected chi connectivity index (χ0v) is 7.00. The van der Waals surface area contributed by atoms with Crippen LogP contribution in [0.25, 0.3) is 0 Å². The minimum absolute atomic E-state index is 0.348. The lowest BCUT2D eigenvalue weighted by molar-refractivity contribution is -0.103. The van der Waals surface area contributed by atoms with Crippen molar-refractivity contribution in [2.75, 3.05) is 0 Å². The third kappa shape index (κ3) is 2.48. The Hall–Kier alpha value is -1.21. The zero-order valence-electron chi connectivity index (χ0n) is 5.41. The van der Waals surface area contributed by atoms with Crippen LogP contribution >= 0.6 is 15.9 Å². The van der Waals surface area contributed by atoms with Crippen LogP contribution in [0.4, 0.5) is 0 Å². The largest absolute Gasteiger partial charge is 0.289 e. The first-order valence-corrected chi connectivity index (χ1v) is 3.55. The first-order valence-electron chi connectivity index (χ1n) is 2.75. The van der Waals surface area contributed by atoms with E-state index in [2.05, 4.69) is 37.7 Å². The Kier molecular flexibility index (Phi) is 2.75. The number of aldehydes is 1. The van der Waals surface area contributed by atoms with Gasteiger partial charge in [-0.15, -0.1) is 0 Å². The lowest BCUT2D eigenvalue weighted by Crippen LogP contribution is -1.86. The molecule has 0 aliphatic rings. The van der Waals surface area contributed by atoms with E-state index in [1.807, 2.05) is 0 Å². The summed E-state index contributed by atoms with van der Waals surface area (Å²) < 4.78 is 0.786. The maximum absolute atomic E-state index is 9.81. The highest BCUT2D eigenvalue weighted by Crippen LogP contribution is 2.03. The van der Waals surface area contributed by atoms with E-state index in [4.69, 9.17) is 0 Å². The highest BCUT2D eigenvalue weighted by atomic mass is 79.9. The normalized spacial score (nSPS) is 8.09. The van der Waals surface area contributed by atoms with E-state index in [9.17, 15) is 4.79 Å². The Morgan fingerprint density at radius 1 is 1.45 bits per heavy atom. The minimum atomic E-state index is 0.348. The van der Waals surface area contributed by atoms with E-state index in [-0.39, 0.29) is 0 Å². The van der Waals surface area contributed by atoms with Crippen molar-refractivity contribution in [3.63, 3.8) is 0 Å². The van der Waals surface area contributed by atoms with Crippen molar-refractivity contribution in [3.8, 4) is 11.8 Å². The van der Waals surface area contributed by atoms with Gasteiger partial charge in [0.25, 0.3) is 0 Å². The molecular formula is C7H3BrN2O. The predicted octanol–water partition coefficient (Wildman–Crippen LogP) is 0.790. The van der Waals surface area contributed by atoms with E-state index >= 15 is 0 Å². The van der Waals surface area contributed by atoms with Gasteiger partial charge in [0, 0.05) is 12.4 Å². The van der Waals surface area contributed by atoms with Gasteiger partial charge >= 0.3 is 0 Å². The number of rotatable bonds is 0. The van der Waals surface area contributed by atoms with E-state index in [0.717, 1.165) is 4.47 Å². The minimum Gasteiger partial charge on any atom is -0.289 e. The third-order valence-electron chi connectivity index (χ3n) is 0.863. The van der Waals surface area contributed by atoms with Gasteiger partial charge in [0.15, 0.2) is 6.29 Å². The standard InChI is InChI=1S/C7H3BrN2O/c8-6-4-9-7(10-5-6)2-1-3-11/h3-5H. The zero-order chi connectivity index (χ0) is 8.10. The highest BCUT2D eigenvalue weighted by Gasteiger charge is 1.88. The number of nitrogens with zero attached hydrogens (tertiary/aromatic N) is 2. The van der Waals surface area contributed by atoms with Crippen LogP contribution in [0.2, 0.25) is 0 Å². The quantitative estimate of drug-likeness (QED) is 0.470. The first kappa shape index (κ1) is 7.89. The van der Waals surface area contributed by atoms with Crippen molar-refractivity contribution < 1.29 is 4.79 Å². The molecule has 0 N–H and O–H groups in total. The molecule has 1 aromatic rings. The molecule has 11 heavy (non-hydrogen) atoms. The molecule has 0 saturated heterocycles. The molecule has 4 heteroatoms. The molecule has 1 heterocycles. The summed E-state index contributed by atoms with van der Waals surface area (Å²) >= 11 is 3.17. The summed E-state index contributed by atoms with van der Waals surface area (Å²) in [7, 11) is 0. The van der Waals surface area contributed by atoms with Crippen molar-refractivity contribution in [2.24, 2.45) is 0 Å². The van der Waals surface area contributed by atoms with Gasteiger partial charge in [0.2, 0.25) is 5.82 Å². The number of carbonyl (C=O) groups excluding carboxylic acids is 1. The molecule has 54 valence electrons. The van der Waals surface area contributed by atoms with Crippen molar-refractivity contribution in [2.45, 2.75) is 0 Å². The van der Waals surface area contributed by atoms with Crippen LogP contribution < -0.4 is 0 Å². The van der Waals surface area contributed by atoms with E-state index in [1.54, 1.807) is 12.4 Å². The number of carbonyl (C=O) groups is 1. The first-order chi connectivity index (χ1) is 5.33. The molecule has 0 saturated carbocycles. The maximum atomic E-state index is 9.81. The summed E-state index contributed by atoms with van der Waals surface area (Å²) in [5.41, 5.74) is 0. The Balaban J connectivity index is 2.90. The van der Waals surface area contributed by atoms with E-state index in [1.165, 1.54) is 0 Å². The summed E-state index contributed by atoms with van der Waals surface area (Å²) in [6, 6.07) is 0. The molecule has 0 aromatic carbocycles. The molecule has 0 bridgehead atoms. The molecule has 0 radical (unpaired) electrons. The molecule has 0 fully saturated rings. The Morgan fingerprint density at radius 3 is 2.64 bits per heavy atom. The molecule has 0 aliphatic carbocycles. The Morgan fingerprint density at radius 2 is 2.09 bits per heavy atom. The van der Waals surface area contributed by atoms with E-state index in [0.29, 0.717) is 12.1 Å². The summed E-state index contributed by atoms with van der Waals surface area (Å²) in [5.74, 6) is 5.02. The van der Waals surface area contributed by atoms with Crippen molar-refractivity contribution >= 4 is 22.2 Å². The van der Waals surface area contributed by atoms with Gasteiger partial charge < -0.3 is 0 Å². The van der Waals surface area contributed by atoms with Gasteiger partial charge in [-0.3, -0.25) is 4.79 Å². The number of halogens is 1. The number of hydrogen-bond acceptors (Lipinski definition) is 3. The van der Waals surface area contributed by atoms with Gasteiger partial charge in [-0.1, -0.05) is 0 Å². The second-order valence-corrected chi connectivity index (χ2v) is 2.53. The fourth-order valence-corrected chi connectivity index (χ4v) is 0.676. The average molecular weight is 211 g/mol. The summed E-state index contributed by atoms with van der Waals surface area (Å²) in [5, 5.41) is 0. The van der Waals surface area contributed by atoms with Crippen LogP contribution in [-0.2, 0) is 4.79 Å². The predicted molar refractivity (Wildman–Crippen MR) is 42.7 cm³/mol. The fourth-order valence-electron chi connectivity index (χ4n) is 0.471. The van der Waals surface area contributed by atoms with Crippen LogP contribution in [0.3, 0.4) is 0 Å². The average Bonchev–Trinajstić information content (AvgIpc) is 2.04. The van der Waals surface area contributed by atoms with Gasteiger partial charge in [-0.2, -0.15) is 0 Å². The van der Waals surface area contributed by atoms with Crippen LogP contribution in [-0.4, -0.2) is 16.3 Å². The van der Waals surface area contributed by atoms with Crippen LogP contribution in [0.1, 0.15) is 5.82 Å². The number of aromatic nitrogens is 2. The smallest absolute Gasteiger partial charge is 0.205 e. The highest BCUT2D eigenvalue weighted by molar-refractivity contribution is 9.10. The lowest BCUT2D eigenvalue weighted by atomic mass is 10.5. The lowest BCUT2D eigenvalue weighted by Gasteiger charge is -1.86. The van der Waals surface area contributed by atoms with Crippen LogP contribution in [0.5, 0.6) is 0 Å². The second-order valence-electron chi connectivity index (χ2n) is 1.61. The van der Waals surface area contributed by atoms with Gasteiger partial charge in [0.1, 0.15) is 0 Å². The van der Waals surface area contributed by atoms with Crippen LogP contribution in [0.15, 0.2) is 16.9 Å². The molecule has 1 rings (SSSR count). The SMILES string of the molecule is O=CC#Cc1ncc(Br)cn1. The molecule has 0 amide bonds. The third-order valence-corrected chi connectivity index (χ3v) is 1.27. The molecule has 0 atom stereocenters. The fraction of sp³-hybridized carbons (Fsp3) is 0. The van der Waals surface area contributed by atoms with Crippen molar-refractivity contribution in [1.29, 1.82) is 0 Å². The molecular weight excluding hydrogens is 208 g/mol. The van der Waals surface area contributed by atoms with Gasteiger partial charge in [-0.25, -0.2) is 9.97 Å². The monoisotopic (exact) mass is 210 g/mol. The second kappa shape index (κ2) is 3.84. The van der Waals surface area contributed by atoms with Crippen molar-refractivity contribution in [3.05, 3.63) is 22.7 Å². The Labute approximate surface area is 72.0 Å². The summed E-state index contributed by atoms with van der Waals surface area (Å²) in [4.78, 5) is 17.5. The van der Waals surface area contributed by atoms with Crippen LogP contribution in [0, 0.1) is 11.8 Å². The molecule has 3 nitrogen and oxygen atoms in total. The topological polar surface area (TPSA) is 42.9 Å². The van der Waals surface area contributed by atoms with E-state index < -0.39 is 0 Å². The Bertz CT molecular complexity index is 309. The summed E-state index contributed by atoms with van der Waals surface area (Å²) in [6.45, 7) is 0. The summed E-state index contributed by atoms with van der Waals surface area (Å²) in [6.07, 6.45) is 3.65.